The molecule has 0 radical (unpaired) electrons. The molecule has 24 heavy (non-hydrogen) atoms. The first-order valence-electron chi connectivity index (χ1n) is 7.82. The van der Waals surface area contributed by atoms with Gasteiger partial charge in [0.1, 0.15) is 5.58 Å². The molecule has 5 nitrogen and oxygen atoms in total. The molecule has 0 saturated carbocycles. The molecule has 122 valence electrons. The zero-order valence-corrected chi connectivity index (χ0v) is 13.5. The minimum atomic E-state index is -0.228. The number of aryl methyl sites for hydroxylation is 1. The van der Waals surface area contributed by atoms with Crippen LogP contribution in [0.1, 0.15) is 34.6 Å². The highest BCUT2D eigenvalue weighted by Gasteiger charge is 2.21. The maximum Gasteiger partial charge on any atom is 0.287 e. The summed E-state index contributed by atoms with van der Waals surface area (Å²) in [6.45, 7) is 4.05. The molecule has 1 N–H and O–H groups in total. The fourth-order valence-corrected chi connectivity index (χ4v) is 2.92. The second-order valence-corrected chi connectivity index (χ2v) is 5.86. The molecule has 0 bridgehead atoms. The van der Waals surface area contributed by atoms with Crippen molar-refractivity contribution in [2.45, 2.75) is 19.9 Å². The summed E-state index contributed by atoms with van der Waals surface area (Å²) < 4.78 is 16.4. The van der Waals surface area contributed by atoms with Gasteiger partial charge in [0.25, 0.3) is 5.91 Å². The number of fused-ring (bicyclic) bond motifs is 2. The highest BCUT2D eigenvalue weighted by Crippen LogP contribution is 2.34. The summed E-state index contributed by atoms with van der Waals surface area (Å²) in [6, 6.07) is 13.1. The van der Waals surface area contributed by atoms with E-state index in [1.165, 1.54) is 0 Å². The summed E-state index contributed by atoms with van der Waals surface area (Å²) in [7, 11) is 0. The van der Waals surface area contributed by atoms with Crippen LogP contribution in [-0.2, 0) is 0 Å². The Morgan fingerprint density at radius 3 is 2.75 bits per heavy atom. The standard InChI is InChI=1S/C19H17NO4/c1-11-14-5-3-4-6-15(14)24-18(11)19(21)20-12(2)13-7-8-16-17(9-13)23-10-22-16/h3-9,12H,10H2,1-2H3,(H,20,21). The van der Waals surface area contributed by atoms with Crippen LogP contribution in [0.2, 0.25) is 0 Å². The summed E-state index contributed by atoms with van der Waals surface area (Å²) >= 11 is 0. The first-order chi connectivity index (χ1) is 11.6. The number of amides is 1. The van der Waals surface area contributed by atoms with Gasteiger partial charge in [-0.05, 0) is 37.6 Å². The lowest BCUT2D eigenvalue weighted by atomic mass is 10.1. The van der Waals surface area contributed by atoms with Gasteiger partial charge in [-0.15, -0.1) is 0 Å². The lowest BCUT2D eigenvalue weighted by Gasteiger charge is -2.14. The van der Waals surface area contributed by atoms with Gasteiger partial charge in [-0.3, -0.25) is 4.79 Å². The van der Waals surface area contributed by atoms with Crippen LogP contribution in [0.4, 0.5) is 0 Å². The van der Waals surface area contributed by atoms with Gasteiger partial charge in [0.2, 0.25) is 6.79 Å². The summed E-state index contributed by atoms with van der Waals surface area (Å²) in [5.41, 5.74) is 2.51. The molecule has 2 heterocycles. The van der Waals surface area contributed by atoms with Crippen molar-refractivity contribution < 1.29 is 18.7 Å². The molecule has 0 fully saturated rings. The molecular formula is C19H17NO4. The Balaban J connectivity index is 1.57. The molecule has 3 aromatic rings. The summed E-state index contributed by atoms with van der Waals surface area (Å²) in [5.74, 6) is 1.55. The van der Waals surface area contributed by atoms with Crippen molar-refractivity contribution in [3.8, 4) is 11.5 Å². The van der Waals surface area contributed by atoms with E-state index in [1.54, 1.807) is 0 Å². The number of rotatable bonds is 3. The second-order valence-electron chi connectivity index (χ2n) is 5.86. The van der Waals surface area contributed by atoms with Crippen molar-refractivity contribution in [1.29, 1.82) is 0 Å². The number of hydrogen-bond donors (Lipinski definition) is 1. The maximum atomic E-state index is 12.6. The predicted molar refractivity (Wildman–Crippen MR) is 89.4 cm³/mol. The Hall–Kier alpha value is -2.95. The quantitative estimate of drug-likeness (QED) is 0.792. The van der Waals surface area contributed by atoms with Crippen molar-refractivity contribution in [3.63, 3.8) is 0 Å². The number of para-hydroxylation sites is 1. The summed E-state index contributed by atoms with van der Waals surface area (Å²) in [6.07, 6.45) is 0. The summed E-state index contributed by atoms with van der Waals surface area (Å²) in [4.78, 5) is 12.6. The molecule has 0 aliphatic carbocycles. The van der Waals surface area contributed by atoms with Crippen LogP contribution in [0.3, 0.4) is 0 Å². The van der Waals surface area contributed by atoms with Gasteiger partial charge in [0.15, 0.2) is 17.3 Å². The molecule has 1 atom stereocenters. The Morgan fingerprint density at radius 1 is 1.12 bits per heavy atom. The van der Waals surface area contributed by atoms with E-state index in [1.807, 2.05) is 56.3 Å². The number of benzene rings is 2. The minimum absolute atomic E-state index is 0.181. The van der Waals surface area contributed by atoms with Crippen molar-refractivity contribution in [1.82, 2.24) is 5.32 Å². The topological polar surface area (TPSA) is 60.7 Å². The van der Waals surface area contributed by atoms with E-state index in [2.05, 4.69) is 5.32 Å². The average Bonchev–Trinajstić information content (AvgIpc) is 3.19. The first-order valence-corrected chi connectivity index (χ1v) is 7.82. The zero-order chi connectivity index (χ0) is 16.7. The van der Waals surface area contributed by atoms with Gasteiger partial charge in [0.05, 0.1) is 6.04 Å². The van der Waals surface area contributed by atoms with Crippen molar-refractivity contribution in [2.75, 3.05) is 6.79 Å². The molecule has 1 aliphatic heterocycles. The lowest BCUT2D eigenvalue weighted by molar-refractivity contribution is 0.0913. The van der Waals surface area contributed by atoms with E-state index >= 15 is 0 Å². The third kappa shape index (κ3) is 2.38. The Labute approximate surface area is 139 Å². The molecule has 4 rings (SSSR count). The van der Waals surface area contributed by atoms with Gasteiger partial charge in [-0.2, -0.15) is 0 Å². The molecular weight excluding hydrogens is 306 g/mol. The smallest absolute Gasteiger partial charge is 0.287 e. The van der Waals surface area contributed by atoms with Crippen LogP contribution in [-0.4, -0.2) is 12.7 Å². The third-order valence-corrected chi connectivity index (χ3v) is 4.29. The van der Waals surface area contributed by atoms with Crippen molar-refractivity contribution >= 4 is 16.9 Å². The van der Waals surface area contributed by atoms with E-state index in [-0.39, 0.29) is 18.7 Å². The first kappa shape index (κ1) is 14.6. The van der Waals surface area contributed by atoms with Crippen LogP contribution in [0.15, 0.2) is 46.9 Å². The van der Waals surface area contributed by atoms with Crippen molar-refractivity contribution in [3.05, 3.63) is 59.4 Å². The van der Waals surface area contributed by atoms with Gasteiger partial charge in [-0.25, -0.2) is 0 Å². The Morgan fingerprint density at radius 2 is 1.92 bits per heavy atom. The van der Waals surface area contributed by atoms with Crippen LogP contribution >= 0.6 is 0 Å². The third-order valence-electron chi connectivity index (χ3n) is 4.29. The van der Waals surface area contributed by atoms with E-state index in [4.69, 9.17) is 13.9 Å². The number of carbonyl (C=O) groups excluding carboxylic acids is 1. The fourth-order valence-electron chi connectivity index (χ4n) is 2.92. The lowest BCUT2D eigenvalue weighted by Crippen LogP contribution is -2.26. The minimum Gasteiger partial charge on any atom is -0.454 e. The number of ether oxygens (including phenoxy) is 2. The van der Waals surface area contributed by atoms with E-state index in [9.17, 15) is 4.79 Å². The van der Waals surface area contributed by atoms with Crippen LogP contribution in [0, 0.1) is 6.92 Å². The number of carbonyl (C=O) groups is 1. The predicted octanol–water partition coefficient (Wildman–Crippen LogP) is 3.96. The molecule has 2 aromatic carbocycles. The van der Waals surface area contributed by atoms with Gasteiger partial charge in [0, 0.05) is 10.9 Å². The van der Waals surface area contributed by atoms with Gasteiger partial charge >= 0.3 is 0 Å². The largest absolute Gasteiger partial charge is 0.454 e. The molecule has 1 aliphatic rings. The fraction of sp³-hybridized carbons (Fsp3) is 0.211. The van der Waals surface area contributed by atoms with Gasteiger partial charge in [-0.1, -0.05) is 24.3 Å². The molecule has 1 aromatic heterocycles. The number of furan rings is 1. The Bertz CT molecular complexity index is 928. The normalized spacial score (nSPS) is 13.9. The molecule has 0 spiro atoms. The van der Waals surface area contributed by atoms with E-state index < -0.39 is 0 Å². The van der Waals surface area contributed by atoms with Crippen LogP contribution in [0.5, 0.6) is 11.5 Å². The zero-order valence-electron chi connectivity index (χ0n) is 13.5. The SMILES string of the molecule is Cc1c(C(=O)NC(C)c2ccc3c(c2)OCO3)oc2ccccc12. The molecule has 1 unspecified atom stereocenters. The molecule has 1 amide bonds. The molecule has 0 saturated heterocycles. The molecule has 5 heteroatoms. The highest BCUT2D eigenvalue weighted by molar-refractivity contribution is 5.99. The van der Waals surface area contributed by atoms with Gasteiger partial charge < -0.3 is 19.2 Å². The maximum absolute atomic E-state index is 12.6. The average molecular weight is 323 g/mol. The highest BCUT2D eigenvalue weighted by atomic mass is 16.7. The Kier molecular flexibility index (Phi) is 3.41. The van der Waals surface area contributed by atoms with E-state index in [0.717, 1.165) is 27.8 Å². The number of hydrogen-bond acceptors (Lipinski definition) is 4. The van der Waals surface area contributed by atoms with Crippen molar-refractivity contribution in [2.24, 2.45) is 0 Å². The van der Waals surface area contributed by atoms with Crippen LogP contribution < -0.4 is 14.8 Å². The van der Waals surface area contributed by atoms with Crippen LogP contribution in [0.25, 0.3) is 11.0 Å². The second kappa shape index (κ2) is 5.60. The van der Waals surface area contributed by atoms with E-state index in [0.29, 0.717) is 11.5 Å². The number of nitrogens with one attached hydrogen (secondary N) is 1. The summed E-state index contributed by atoms with van der Waals surface area (Å²) in [5, 5.41) is 3.93. The monoisotopic (exact) mass is 323 g/mol.